The van der Waals surface area contributed by atoms with Crippen LogP contribution in [-0.2, 0) is 16.0 Å². The van der Waals surface area contributed by atoms with Crippen LogP contribution in [0.5, 0.6) is 0 Å². The summed E-state index contributed by atoms with van der Waals surface area (Å²) in [7, 11) is -6.15. The molecule has 3 aromatic rings. The van der Waals surface area contributed by atoms with Crippen LogP contribution in [0.1, 0.15) is 40.3 Å². The van der Waals surface area contributed by atoms with Gasteiger partial charge in [-0.2, -0.15) is 36.1 Å². The SMILES string of the molecule is Cc1ccc(-n2ncnc2[C@H](C)NC(=O)c2cc(C(F)(F)F)cc(S(=O)(=O)C(F)(F)F)c2)nc1. The molecule has 0 fully saturated rings. The number of aromatic nitrogens is 4. The largest absolute Gasteiger partial charge is 0.501 e. The molecule has 0 radical (unpaired) electrons. The Morgan fingerprint density at radius 3 is 2.29 bits per heavy atom. The molecule has 0 bridgehead atoms. The van der Waals surface area contributed by atoms with E-state index in [4.69, 9.17) is 0 Å². The van der Waals surface area contributed by atoms with Crippen LogP contribution in [0, 0.1) is 6.92 Å². The van der Waals surface area contributed by atoms with Crippen molar-refractivity contribution >= 4 is 15.7 Å². The molecule has 0 aliphatic rings. The summed E-state index contributed by atoms with van der Waals surface area (Å²) in [6.07, 6.45) is -2.54. The van der Waals surface area contributed by atoms with E-state index in [0.717, 1.165) is 11.9 Å². The zero-order valence-electron chi connectivity index (χ0n) is 17.3. The van der Waals surface area contributed by atoms with E-state index in [1.165, 1.54) is 17.8 Å². The maximum atomic E-state index is 13.2. The lowest BCUT2D eigenvalue weighted by molar-refractivity contribution is -0.137. The number of pyridine rings is 1. The Bertz CT molecular complexity index is 1320. The van der Waals surface area contributed by atoms with Crippen LogP contribution in [0.3, 0.4) is 0 Å². The summed E-state index contributed by atoms with van der Waals surface area (Å²) in [5, 5.41) is 6.26. The molecule has 1 N–H and O–H groups in total. The standard InChI is InChI=1S/C19H15F6N5O3S/c1-10-3-4-15(26-8-10)30-16(27-9-28-30)11(2)29-17(31)12-5-13(18(20,21)22)7-14(6-12)34(32,33)19(23,24)25/h3-9,11H,1-2H3,(H,29,31)/t11-/m0/s1. The van der Waals surface area contributed by atoms with Gasteiger partial charge >= 0.3 is 11.7 Å². The molecular formula is C19H15F6N5O3S. The Morgan fingerprint density at radius 2 is 1.74 bits per heavy atom. The van der Waals surface area contributed by atoms with E-state index in [2.05, 4.69) is 20.4 Å². The monoisotopic (exact) mass is 507 g/mol. The molecule has 8 nitrogen and oxygen atoms in total. The molecule has 182 valence electrons. The highest BCUT2D eigenvalue weighted by atomic mass is 32.2. The van der Waals surface area contributed by atoms with Gasteiger partial charge in [-0.05, 0) is 43.7 Å². The molecule has 34 heavy (non-hydrogen) atoms. The predicted molar refractivity (Wildman–Crippen MR) is 104 cm³/mol. The number of hydrogen-bond acceptors (Lipinski definition) is 6. The highest BCUT2D eigenvalue weighted by Gasteiger charge is 2.48. The molecule has 2 heterocycles. The number of carbonyl (C=O) groups excluding carboxylic acids is 1. The summed E-state index contributed by atoms with van der Waals surface area (Å²) in [5.41, 5.74) is -7.69. The number of amides is 1. The number of halogens is 6. The van der Waals surface area contributed by atoms with Crippen molar-refractivity contribution in [2.75, 3.05) is 0 Å². The zero-order chi connectivity index (χ0) is 25.5. The summed E-state index contributed by atoms with van der Waals surface area (Å²) in [6, 6.07) is 2.62. The Kier molecular flexibility index (Phi) is 6.43. The van der Waals surface area contributed by atoms with Crippen LogP contribution >= 0.6 is 0 Å². The van der Waals surface area contributed by atoms with Gasteiger partial charge in [-0.15, -0.1) is 0 Å². The molecule has 1 amide bonds. The first-order valence-electron chi connectivity index (χ1n) is 9.28. The van der Waals surface area contributed by atoms with E-state index in [9.17, 15) is 39.6 Å². The first kappa shape index (κ1) is 25.1. The number of aryl methyl sites for hydroxylation is 1. The number of sulfone groups is 1. The van der Waals surface area contributed by atoms with Gasteiger partial charge in [0.2, 0.25) is 0 Å². The first-order chi connectivity index (χ1) is 15.6. The van der Waals surface area contributed by atoms with E-state index in [0.29, 0.717) is 5.82 Å². The van der Waals surface area contributed by atoms with Crippen LogP contribution in [-0.4, -0.2) is 39.6 Å². The third kappa shape index (κ3) is 5.03. The normalized spacial score (nSPS) is 13.5. The predicted octanol–water partition coefficient (Wildman–Crippen LogP) is 3.77. The maximum absolute atomic E-state index is 13.2. The van der Waals surface area contributed by atoms with Crippen LogP contribution in [0.4, 0.5) is 26.3 Å². The topological polar surface area (TPSA) is 107 Å². The first-order valence-corrected chi connectivity index (χ1v) is 10.8. The Labute approximate surface area is 188 Å². The number of hydrogen-bond donors (Lipinski definition) is 1. The third-order valence-electron chi connectivity index (χ3n) is 4.53. The van der Waals surface area contributed by atoms with Crippen molar-refractivity contribution in [1.29, 1.82) is 0 Å². The minimum absolute atomic E-state index is 0.111. The molecule has 0 saturated heterocycles. The summed E-state index contributed by atoms with van der Waals surface area (Å²) in [4.78, 5) is 19.0. The van der Waals surface area contributed by atoms with E-state index in [-0.39, 0.29) is 24.0 Å². The van der Waals surface area contributed by atoms with Gasteiger partial charge in [0.1, 0.15) is 6.33 Å². The van der Waals surface area contributed by atoms with E-state index in [1.807, 2.05) is 0 Å². The fraction of sp³-hybridized carbons (Fsp3) is 0.263. The van der Waals surface area contributed by atoms with Gasteiger partial charge in [-0.1, -0.05) is 6.07 Å². The number of alkyl halides is 6. The van der Waals surface area contributed by atoms with Crippen molar-refractivity contribution in [2.45, 2.75) is 36.5 Å². The lowest BCUT2D eigenvalue weighted by atomic mass is 10.1. The van der Waals surface area contributed by atoms with Crippen LogP contribution in [0.2, 0.25) is 0 Å². The van der Waals surface area contributed by atoms with Crippen molar-refractivity contribution in [1.82, 2.24) is 25.1 Å². The van der Waals surface area contributed by atoms with Crippen molar-refractivity contribution < 1.29 is 39.6 Å². The van der Waals surface area contributed by atoms with Gasteiger partial charge in [0, 0.05) is 11.8 Å². The van der Waals surface area contributed by atoms with E-state index < -0.39 is 49.5 Å². The number of rotatable bonds is 5. The van der Waals surface area contributed by atoms with Crippen molar-refractivity contribution in [2.24, 2.45) is 0 Å². The molecular weight excluding hydrogens is 492 g/mol. The number of carbonyl (C=O) groups is 1. The van der Waals surface area contributed by atoms with Gasteiger partial charge in [0.25, 0.3) is 15.7 Å². The lowest BCUT2D eigenvalue weighted by Gasteiger charge is -2.17. The van der Waals surface area contributed by atoms with Gasteiger partial charge in [-0.25, -0.2) is 18.4 Å². The van der Waals surface area contributed by atoms with Crippen molar-refractivity contribution in [3.63, 3.8) is 0 Å². The molecule has 1 atom stereocenters. The minimum atomic E-state index is -6.15. The average Bonchev–Trinajstić information content (AvgIpc) is 3.22. The Hall–Kier alpha value is -3.49. The van der Waals surface area contributed by atoms with Crippen LogP contribution in [0.25, 0.3) is 5.82 Å². The van der Waals surface area contributed by atoms with Crippen LogP contribution in [0.15, 0.2) is 47.8 Å². The molecule has 1 aromatic carbocycles. The number of nitrogens with zero attached hydrogens (tertiary/aromatic N) is 4. The van der Waals surface area contributed by atoms with Crippen molar-refractivity contribution in [3.8, 4) is 5.82 Å². The molecule has 0 aliphatic heterocycles. The van der Waals surface area contributed by atoms with Gasteiger partial charge in [-0.3, -0.25) is 4.79 Å². The van der Waals surface area contributed by atoms with Crippen LogP contribution < -0.4 is 5.32 Å². The third-order valence-corrected chi connectivity index (χ3v) is 6.00. The van der Waals surface area contributed by atoms with Gasteiger partial charge in [0.15, 0.2) is 11.6 Å². The van der Waals surface area contributed by atoms with Gasteiger partial charge in [0.05, 0.1) is 16.5 Å². The number of nitrogens with one attached hydrogen (secondary N) is 1. The second-order valence-electron chi connectivity index (χ2n) is 7.11. The quantitative estimate of drug-likeness (QED) is 0.527. The second kappa shape index (κ2) is 8.70. The molecule has 0 aliphatic carbocycles. The smallest absolute Gasteiger partial charge is 0.342 e. The molecule has 0 saturated carbocycles. The summed E-state index contributed by atoms with van der Waals surface area (Å²) < 4.78 is 103. The van der Waals surface area contributed by atoms with Gasteiger partial charge < -0.3 is 5.32 Å². The highest BCUT2D eigenvalue weighted by Crippen LogP contribution is 2.36. The molecule has 2 aromatic heterocycles. The highest BCUT2D eigenvalue weighted by molar-refractivity contribution is 7.92. The molecule has 0 spiro atoms. The lowest BCUT2D eigenvalue weighted by Crippen LogP contribution is -2.30. The summed E-state index contributed by atoms with van der Waals surface area (Å²) in [6.45, 7) is 3.19. The fourth-order valence-corrected chi connectivity index (χ4v) is 3.67. The average molecular weight is 507 g/mol. The summed E-state index contributed by atoms with van der Waals surface area (Å²) >= 11 is 0. The maximum Gasteiger partial charge on any atom is 0.501 e. The molecule has 3 rings (SSSR count). The zero-order valence-corrected chi connectivity index (χ0v) is 18.1. The summed E-state index contributed by atoms with van der Waals surface area (Å²) in [5.74, 6) is -0.833. The molecule has 15 heteroatoms. The van der Waals surface area contributed by atoms with E-state index in [1.54, 1.807) is 19.1 Å². The number of benzene rings is 1. The van der Waals surface area contributed by atoms with E-state index >= 15 is 0 Å². The second-order valence-corrected chi connectivity index (χ2v) is 9.05. The Balaban J connectivity index is 1.97. The van der Waals surface area contributed by atoms with Crippen molar-refractivity contribution in [3.05, 3.63) is 65.4 Å². The Morgan fingerprint density at radius 1 is 1.06 bits per heavy atom. The molecule has 0 unspecified atom stereocenters. The minimum Gasteiger partial charge on any atom is -0.342 e. The fourth-order valence-electron chi connectivity index (χ4n) is 2.83.